The van der Waals surface area contributed by atoms with Crippen LogP contribution in [0, 0.1) is 34.5 Å². The van der Waals surface area contributed by atoms with Crippen LogP contribution < -0.4 is 0 Å². The number of aliphatic hydroxyl groups is 1. The predicted octanol–water partition coefficient (Wildman–Crippen LogP) is 5.83. The molecule has 3 nitrogen and oxygen atoms in total. The number of benzene rings is 1. The van der Waals surface area contributed by atoms with Crippen LogP contribution in [0.25, 0.3) is 0 Å². The Morgan fingerprint density at radius 3 is 2.58 bits per heavy atom. The molecular weight excluding hydrogens is 384 g/mol. The Morgan fingerprint density at radius 2 is 1.77 bits per heavy atom. The first-order valence-electron chi connectivity index (χ1n) is 12.3. The zero-order valence-electron chi connectivity index (χ0n) is 18.8. The van der Waals surface area contributed by atoms with Crippen molar-refractivity contribution in [1.29, 1.82) is 0 Å². The van der Waals surface area contributed by atoms with Crippen LogP contribution in [-0.4, -0.2) is 17.0 Å². The lowest BCUT2D eigenvalue weighted by atomic mass is 9.45. The highest BCUT2D eigenvalue weighted by atomic mass is 16.3. The zero-order chi connectivity index (χ0) is 21.4. The molecule has 164 valence electrons. The van der Waals surface area contributed by atoms with Crippen molar-refractivity contribution in [3.63, 3.8) is 0 Å². The summed E-state index contributed by atoms with van der Waals surface area (Å²) in [5.74, 6) is 4.35. The van der Waals surface area contributed by atoms with Gasteiger partial charge in [0.25, 0.3) is 0 Å². The van der Waals surface area contributed by atoms with Gasteiger partial charge < -0.3 is 9.52 Å². The number of ketones is 1. The highest BCUT2D eigenvalue weighted by molar-refractivity contribution is 6.07. The minimum Gasteiger partial charge on any atom is -0.457 e. The summed E-state index contributed by atoms with van der Waals surface area (Å²) in [5, 5.41) is 10.7. The average molecular weight is 419 g/mol. The zero-order valence-corrected chi connectivity index (χ0v) is 18.8. The van der Waals surface area contributed by atoms with Gasteiger partial charge in [0.05, 0.1) is 6.10 Å². The Balaban J connectivity index is 1.30. The maximum atomic E-state index is 13.0. The number of carbonyl (C=O) groups excluding carboxylic acids is 1. The molecule has 1 heterocycles. The highest BCUT2D eigenvalue weighted by Crippen LogP contribution is 2.65. The SMILES string of the molecule is C[C@]12Cc3cc(C(=O)c4ccccc4)oc3C[C@@H]1CC[C@@H]1[C@@H]2CC[C@]2(C)[C@@H](O)CC[C@@H]12. The fourth-order valence-electron chi connectivity index (χ4n) is 8.38. The summed E-state index contributed by atoms with van der Waals surface area (Å²) in [6.45, 7) is 4.88. The van der Waals surface area contributed by atoms with Gasteiger partial charge in [-0.25, -0.2) is 0 Å². The lowest BCUT2D eigenvalue weighted by Crippen LogP contribution is -2.54. The molecule has 3 heteroatoms. The Kier molecular flexibility index (Phi) is 4.35. The van der Waals surface area contributed by atoms with Crippen LogP contribution in [0.4, 0.5) is 0 Å². The summed E-state index contributed by atoms with van der Waals surface area (Å²) in [6, 6.07) is 11.5. The molecule has 0 aliphatic heterocycles. The van der Waals surface area contributed by atoms with Gasteiger partial charge in [0.15, 0.2) is 5.76 Å². The summed E-state index contributed by atoms with van der Waals surface area (Å²) in [4.78, 5) is 13.0. The largest absolute Gasteiger partial charge is 0.457 e. The van der Waals surface area contributed by atoms with Crippen molar-refractivity contribution >= 4 is 5.78 Å². The third-order valence-electron chi connectivity index (χ3n) is 10.2. The fourth-order valence-corrected chi connectivity index (χ4v) is 8.38. The van der Waals surface area contributed by atoms with Gasteiger partial charge in [-0.15, -0.1) is 0 Å². The first-order chi connectivity index (χ1) is 14.9. The number of carbonyl (C=O) groups is 1. The molecule has 7 atom stereocenters. The van der Waals surface area contributed by atoms with E-state index in [0.717, 1.165) is 43.3 Å². The molecule has 4 aliphatic carbocycles. The van der Waals surface area contributed by atoms with Gasteiger partial charge in [-0.3, -0.25) is 4.79 Å². The van der Waals surface area contributed by atoms with Crippen LogP contribution in [0.5, 0.6) is 0 Å². The van der Waals surface area contributed by atoms with Crippen LogP contribution in [-0.2, 0) is 12.8 Å². The molecule has 3 saturated carbocycles. The molecule has 1 N–H and O–H groups in total. The van der Waals surface area contributed by atoms with E-state index in [1.165, 1.54) is 31.2 Å². The first-order valence-corrected chi connectivity index (χ1v) is 12.3. The van der Waals surface area contributed by atoms with Gasteiger partial charge >= 0.3 is 0 Å². The summed E-state index contributed by atoms with van der Waals surface area (Å²) in [6.07, 6.45) is 9.04. The molecule has 2 aromatic rings. The standard InChI is InChI=1S/C28H34O3/c1-27-13-12-22-20(21(27)10-11-25(27)29)9-8-19-15-23-18(16-28(19,22)2)14-24(31-23)26(30)17-6-4-3-5-7-17/h3-7,14,19-22,25,29H,8-13,15-16H2,1-2H3/t19-,20-,21-,22-,25-,27-,28-/m0/s1. The van der Waals surface area contributed by atoms with E-state index in [1.54, 1.807) is 0 Å². The second kappa shape index (κ2) is 6.81. The lowest BCUT2D eigenvalue weighted by molar-refractivity contribution is -0.112. The normalized spacial score (nSPS) is 41.1. The van der Waals surface area contributed by atoms with Gasteiger partial charge in [-0.2, -0.15) is 0 Å². The minimum absolute atomic E-state index is 0.00521. The van der Waals surface area contributed by atoms with E-state index in [9.17, 15) is 9.90 Å². The second-order valence-corrected chi connectivity index (χ2v) is 11.4. The monoisotopic (exact) mass is 418 g/mol. The van der Waals surface area contributed by atoms with E-state index >= 15 is 0 Å². The van der Waals surface area contributed by atoms with Crippen LogP contribution >= 0.6 is 0 Å². The summed E-state index contributed by atoms with van der Waals surface area (Å²) < 4.78 is 6.17. The number of aliphatic hydroxyl groups excluding tert-OH is 1. The molecule has 1 aromatic heterocycles. The predicted molar refractivity (Wildman–Crippen MR) is 120 cm³/mol. The van der Waals surface area contributed by atoms with Crippen molar-refractivity contribution in [3.05, 3.63) is 59.0 Å². The third kappa shape index (κ3) is 2.78. The van der Waals surface area contributed by atoms with Gasteiger partial charge in [0.2, 0.25) is 5.78 Å². The van der Waals surface area contributed by atoms with E-state index in [2.05, 4.69) is 13.8 Å². The van der Waals surface area contributed by atoms with E-state index in [1.807, 2.05) is 36.4 Å². The Hall–Kier alpha value is -1.87. The number of furan rings is 1. The van der Waals surface area contributed by atoms with Crippen LogP contribution in [0.2, 0.25) is 0 Å². The van der Waals surface area contributed by atoms with Gasteiger partial charge in [-0.1, -0.05) is 44.2 Å². The van der Waals surface area contributed by atoms with E-state index in [4.69, 9.17) is 4.42 Å². The number of hydrogen-bond donors (Lipinski definition) is 1. The van der Waals surface area contributed by atoms with E-state index in [0.29, 0.717) is 23.2 Å². The quantitative estimate of drug-likeness (QED) is 0.624. The van der Waals surface area contributed by atoms with Gasteiger partial charge in [-0.05, 0) is 91.1 Å². The molecule has 0 radical (unpaired) electrons. The molecule has 0 saturated heterocycles. The van der Waals surface area contributed by atoms with Crippen LogP contribution in [0.1, 0.15) is 79.8 Å². The molecule has 0 unspecified atom stereocenters. The van der Waals surface area contributed by atoms with Crippen molar-refractivity contribution in [2.24, 2.45) is 34.5 Å². The maximum absolute atomic E-state index is 13.0. The molecule has 1 aromatic carbocycles. The van der Waals surface area contributed by atoms with Crippen LogP contribution in [0.3, 0.4) is 0 Å². The smallest absolute Gasteiger partial charge is 0.228 e. The first kappa shape index (κ1) is 19.8. The van der Waals surface area contributed by atoms with Crippen molar-refractivity contribution in [3.8, 4) is 0 Å². The minimum atomic E-state index is -0.109. The summed E-state index contributed by atoms with van der Waals surface area (Å²) in [5.41, 5.74) is 2.37. The Bertz CT molecular complexity index is 1010. The number of rotatable bonds is 2. The Morgan fingerprint density at radius 1 is 1.00 bits per heavy atom. The molecule has 0 amide bonds. The maximum Gasteiger partial charge on any atom is 0.228 e. The number of fused-ring (bicyclic) bond motifs is 6. The summed E-state index contributed by atoms with van der Waals surface area (Å²) >= 11 is 0. The third-order valence-corrected chi connectivity index (χ3v) is 10.2. The second-order valence-electron chi connectivity index (χ2n) is 11.4. The molecule has 3 fully saturated rings. The van der Waals surface area contributed by atoms with E-state index < -0.39 is 0 Å². The topological polar surface area (TPSA) is 50.4 Å². The van der Waals surface area contributed by atoms with Crippen molar-refractivity contribution in [1.82, 2.24) is 0 Å². The molecule has 6 rings (SSSR count). The van der Waals surface area contributed by atoms with E-state index in [-0.39, 0.29) is 22.7 Å². The molecule has 31 heavy (non-hydrogen) atoms. The molecule has 0 spiro atoms. The van der Waals surface area contributed by atoms with Crippen LogP contribution in [0.15, 0.2) is 40.8 Å². The van der Waals surface area contributed by atoms with Gasteiger partial charge in [0, 0.05) is 12.0 Å². The Labute approximate surface area is 185 Å². The van der Waals surface area contributed by atoms with Crippen molar-refractivity contribution < 1.29 is 14.3 Å². The highest BCUT2D eigenvalue weighted by Gasteiger charge is 2.60. The van der Waals surface area contributed by atoms with Gasteiger partial charge in [0.1, 0.15) is 5.76 Å². The lowest BCUT2D eigenvalue weighted by Gasteiger charge is -2.59. The van der Waals surface area contributed by atoms with Crippen molar-refractivity contribution in [2.45, 2.75) is 71.3 Å². The number of hydrogen-bond acceptors (Lipinski definition) is 3. The summed E-state index contributed by atoms with van der Waals surface area (Å²) in [7, 11) is 0. The molecule has 4 aliphatic rings. The van der Waals surface area contributed by atoms with Crippen molar-refractivity contribution in [2.75, 3.05) is 0 Å². The average Bonchev–Trinajstić information content (AvgIpc) is 3.31. The molecular formula is C28H34O3. The molecule has 0 bridgehead atoms. The fraction of sp³-hybridized carbons (Fsp3) is 0.607.